The Morgan fingerprint density at radius 2 is 2.10 bits per heavy atom. The van der Waals surface area contributed by atoms with Crippen LogP contribution >= 0.6 is 0 Å². The molecule has 0 bridgehead atoms. The van der Waals surface area contributed by atoms with Crippen LogP contribution in [0.4, 0.5) is 0 Å². The van der Waals surface area contributed by atoms with Gasteiger partial charge in [-0.2, -0.15) is 5.10 Å². The highest BCUT2D eigenvalue weighted by Gasteiger charge is 2.03. The molecular weight excluding hydrogens is 272 g/mol. The van der Waals surface area contributed by atoms with E-state index < -0.39 is 5.91 Å². The molecule has 1 aromatic carbocycles. The minimum atomic E-state index is -0.419. The van der Waals surface area contributed by atoms with Crippen LogP contribution in [0.2, 0.25) is 0 Å². The van der Waals surface area contributed by atoms with Crippen molar-refractivity contribution in [3.8, 4) is 5.88 Å². The van der Waals surface area contributed by atoms with Crippen LogP contribution in [0.5, 0.6) is 5.88 Å². The number of rotatable bonds is 5. The zero-order chi connectivity index (χ0) is 15.1. The molecule has 2 rings (SSSR count). The van der Waals surface area contributed by atoms with E-state index in [0.717, 1.165) is 10.2 Å². The molecule has 0 fully saturated rings. The summed E-state index contributed by atoms with van der Waals surface area (Å²) in [5.41, 5.74) is 2.96. The molecule has 0 aliphatic heterocycles. The second-order valence-corrected chi connectivity index (χ2v) is 4.13. The Kier molecular flexibility index (Phi) is 4.81. The van der Waals surface area contributed by atoms with Crippen LogP contribution in [0, 0.1) is 0 Å². The zero-order valence-corrected chi connectivity index (χ0v) is 11.4. The van der Waals surface area contributed by atoms with Crippen LogP contribution in [0.1, 0.15) is 5.56 Å². The van der Waals surface area contributed by atoms with Gasteiger partial charge in [-0.05, 0) is 5.56 Å². The van der Waals surface area contributed by atoms with E-state index in [1.54, 1.807) is 0 Å². The summed E-state index contributed by atoms with van der Waals surface area (Å²) in [6.45, 7) is -0.239. The number of carbonyl (C=O) groups excluding carboxylic acids is 1. The van der Waals surface area contributed by atoms with Crippen LogP contribution in [-0.4, -0.2) is 28.5 Å². The third kappa shape index (κ3) is 4.57. The Balaban J connectivity index is 1.81. The van der Waals surface area contributed by atoms with Crippen LogP contribution in [0.15, 0.2) is 52.4 Å². The Bertz CT molecular complexity index is 695. The molecule has 0 aliphatic rings. The van der Waals surface area contributed by atoms with Crippen molar-refractivity contribution >= 4 is 12.1 Å². The van der Waals surface area contributed by atoms with E-state index >= 15 is 0 Å². The molecule has 0 atom stereocenters. The first-order chi connectivity index (χ1) is 10.1. The highest BCUT2D eigenvalue weighted by molar-refractivity contribution is 5.82. The topological polar surface area (TPSA) is 85.6 Å². The maximum atomic E-state index is 11.5. The standard InChI is InChI=1S/C14H14N4O3/c1-18-14(20)8-7-13(17-18)21-10-12(19)16-15-9-11-5-3-2-4-6-11/h2-9H,10H2,1H3,(H,16,19). The Morgan fingerprint density at radius 3 is 2.81 bits per heavy atom. The van der Waals surface area contributed by atoms with Crippen molar-refractivity contribution in [3.05, 3.63) is 58.4 Å². The molecule has 7 heteroatoms. The monoisotopic (exact) mass is 286 g/mol. The van der Waals surface area contributed by atoms with Gasteiger partial charge in [-0.1, -0.05) is 30.3 Å². The molecular formula is C14H14N4O3. The van der Waals surface area contributed by atoms with Gasteiger partial charge in [0.05, 0.1) is 6.21 Å². The molecule has 7 nitrogen and oxygen atoms in total. The van der Waals surface area contributed by atoms with Gasteiger partial charge in [0, 0.05) is 19.2 Å². The number of benzene rings is 1. The van der Waals surface area contributed by atoms with Crippen molar-refractivity contribution in [2.45, 2.75) is 0 Å². The van der Waals surface area contributed by atoms with E-state index in [2.05, 4.69) is 15.6 Å². The first-order valence-corrected chi connectivity index (χ1v) is 6.19. The fraction of sp³-hybridized carbons (Fsp3) is 0.143. The molecule has 2 aromatic rings. The predicted octanol–water partition coefficient (Wildman–Crippen LogP) is 0.309. The molecule has 0 saturated heterocycles. The molecule has 0 saturated carbocycles. The lowest BCUT2D eigenvalue weighted by Crippen LogP contribution is -2.26. The maximum absolute atomic E-state index is 11.5. The largest absolute Gasteiger partial charge is 0.466 e. The van der Waals surface area contributed by atoms with Gasteiger partial charge in [0.15, 0.2) is 6.61 Å². The quantitative estimate of drug-likeness (QED) is 0.633. The SMILES string of the molecule is Cn1nc(OCC(=O)NN=Cc2ccccc2)ccc1=O. The minimum Gasteiger partial charge on any atom is -0.466 e. The lowest BCUT2D eigenvalue weighted by Gasteiger charge is -2.04. The number of amides is 1. The van der Waals surface area contributed by atoms with Crippen LogP contribution in [0.25, 0.3) is 0 Å². The van der Waals surface area contributed by atoms with Crippen molar-refractivity contribution < 1.29 is 9.53 Å². The molecule has 1 amide bonds. The van der Waals surface area contributed by atoms with Crippen LogP contribution in [-0.2, 0) is 11.8 Å². The van der Waals surface area contributed by atoms with E-state index in [9.17, 15) is 9.59 Å². The second kappa shape index (κ2) is 6.99. The molecule has 21 heavy (non-hydrogen) atoms. The van der Waals surface area contributed by atoms with E-state index in [4.69, 9.17) is 4.74 Å². The molecule has 1 heterocycles. The molecule has 1 N–H and O–H groups in total. The molecule has 1 aromatic heterocycles. The third-order valence-electron chi connectivity index (χ3n) is 2.49. The van der Waals surface area contributed by atoms with Gasteiger partial charge < -0.3 is 4.74 Å². The summed E-state index contributed by atoms with van der Waals surface area (Å²) in [4.78, 5) is 22.6. The number of aryl methyl sites for hydroxylation is 1. The highest BCUT2D eigenvalue weighted by atomic mass is 16.5. The lowest BCUT2D eigenvalue weighted by atomic mass is 10.2. The third-order valence-corrected chi connectivity index (χ3v) is 2.49. The fourth-order valence-electron chi connectivity index (χ4n) is 1.45. The number of hydrazone groups is 1. The average molecular weight is 286 g/mol. The van der Waals surface area contributed by atoms with Crippen molar-refractivity contribution in [3.63, 3.8) is 0 Å². The molecule has 0 unspecified atom stereocenters. The first-order valence-electron chi connectivity index (χ1n) is 6.19. The highest BCUT2D eigenvalue weighted by Crippen LogP contribution is 2.00. The molecule has 108 valence electrons. The molecule has 0 spiro atoms. The Hall–Kier alpha value is -2.96. The Labute approximate surface area is 120 Å². The number of carbonyl (C=O) groups is 1. The van der Waals surface area contributed by atoms with Crippen molar-refractivity contribution in [2.24, 2.45) is 12.1 Å². The number of hydrogen-bond acceptors (Lipinski definition) is 5. The van der Waals surface area contributed by atoms with Crippen LogP contribution in [0.3, 0.4) is 0 Å². The van der Waals surface area contributed by atoms with E-state index in [0.29, 0.717) is 0 Å². The van der Waals surface area contributed by atoms with Gasteiger partial charge in [0.25, 0.3) is 11.5 Å². The van der Waals surface area contributed by atoms with Gasteiger partial charge in [0.1, 0.15) is 0 Å². The Morgan fingerprint density at radius 1 is 1.33 bits per heavy atom. The number of nitrogens with one attached hydrogen (secondary N) is 1. The first kappa shape index (κ1) is 14.4. The van der Waals surface area contributed by atoms with Crippen molar-refractivity contribution in [1.82, 2.24) is 15.2 Å². The van der Waals surface area contributed by atoms with Gasteiger partial charge in [-0.15, -0.1) is 5.10 Å². The summed E-state index contributed by atoms with van der Waals surface area (Å²) in [5, 5.41) is 7.64. The number of aromatic nitrogens is 2. The van der Waals surface area contributed by atoms with E-state index in [-0.39, 0.29) is 18.0 Å². The summed E-state index contributed by atoms with van der Waals surface area (Å²) in [6.07, 6.45) is 1.53. The fourth-order valence-corrected chi connectivity index (χ4v) is 1.45. The number of hydrogen-bond donors (Lipinski definition) is 1. The summed E-state index contributed by atoms with van der Waals surface area (Å²) < 4.78 is 6.28. The summed E-state index contributed by atoms with van der Waals surface area (Å²) in [6, 6.07) is 12.1. The lowest BCUT2D eigenvalue weighted by molar-refractivity contribution is -0.123. The van der Waals surface area contributed by atoms with Gasteiger partial charge >= 0.3 is 0 Å². The summed E-state index contributed by atoms with van der Waals surface area (Å²) >= 11 is 0. The summed E-state index contributed by atoms with van der Waals surface area (Å²) in [5.74, 6) is -0.225. The average Bonchev–Trinajstić information content (AvgIpc) is 2.49. The van der Waals surface area contributed by atoms with Crippen molar-refractivity contribution in [2.75, 3.05) is 6.61 Å². The van der Waals surface area contributed by atoms with Gasteiger partial charge in [-0.25, -0.2) is 10.1 Å². The normalized spacial score (nSPS) is 10.5. The van der Waals surface area contributed by atoms with E-state index in [1.165, 1.54) is 25.4 Å². The minimum absolute atomic E-state index is 0.194. The van der Waals surface area contributed by atoms with Gasteiger partial charge in [0.2, 0.25) is 5.88 Å². The predicted molar refractivity (Wildman–Crippen MR) is 77.2 cm³/mol. The van der Waals surface area contributed by atoms with Crippen molar-refractivity contribution in [1.29, 1.82) is 0 Å². The van der Waals surface area contributed by atoms with E-state index in [1.807, 2.05) is 30.3 Å². The van der Waals surface area contributed by atoms with Gasteiger partial charge in [-0.3, -0.25) is 9.59 Å². The number of ether oxygens (including phenoxy) is 1. The summed E-state index contributed by atoms with van der Waals surface area (Å²) in [7, 11) is 1.50. The number of nitrogens with zero attached hydrogens (tertiary/aromatic N) is 3. The zero-order valence-electron chi connectivity index (χ0n) is 11.4. The van der Waals surface area contributed by atoms with Crippen LogP contribution < -0.4 is 15.7 Å². The molecule has 0 aliphatic carbocycles. The maximum Gasteiger partial charge on any atom is 0.278 e. The second-order valence-electron chi connectivity index (χ2n) is 4.13. The smallest absolute Gasteiger partial charge is 0.278 e. The molecule has 0 radical (unpaired) electrons.